The highest BCUT2D eigenvalue weighted by atomic mass is 19.4. The van der Waals surface area contributed by atoms with Gasteiger partial charge < -0.3 is 4.90 Å². The Labute approximate surface area is 116 Å². The number of hydrogen-bond acceptors (Lipinski definition) is 1. The van der Waals surface area contributed by atoms with Gasteiger partial charge in [0.15, 0.2) is 0 Å². The lowest BCUT2D eigenvalue weighted by atomic mass is 10.0. The fourth-order valence-electron chi connectivity index (χ4n) is 2.20. The first kappa shape index (κ1) is 15.7. The van der Waals surface area contributed by atoms with Crippen LogP contribution in [-0.2, 0) is 23.7 Å². The molecule has 0 radical (unpaired) electrons. The number of nitrogens with zero attached hydrogens (tertiary/aromatic N) is 1. The van der Waals surface area contributed by atoms with Gasteiger partial charge in [-0.05, 0) is 30.2 Å². The molecule has 0 aliphatic carbocycles. The van der Waals surface area contributed by atoms with Crippen molar-refractivity contribution in [3.8, 4) is 0 Å². The average Bonchev–Trinajstić information content (AvgIpc) is 2.72. The zero-order chi connectivity index (χ0) is 15.8. The lowest BCUT2D eigenvalue weighted by molar-refractivity contribution is -0.143. The van der Waals surface area contributed by atoms with Crippen LogP contribution in [0.3, 0.4) is 0 Å². The van der Waals surface area contributed by atoms with E-state index in [1.165, 1.54) is 4.90 Å². The van der Waals surface area contributed by atoms with Gasteiger partial charge in [-0.3, -0.25) is 4.79 Å². The first-order chi connectivity index (χ1) is 9.57. The SMILES string of the molecule is O=C1CCCN1Cc1cc(C(F)(F)F)cc(C(F)(F)F)c1. The van der Waals surface area contributed by atoms with Crippen molar-refractivity contribution in [1.29, 1.82) is 0 Å². The number of rotatable bonds is 2. The molecule has 2 nitrogen and oxygen atoms in total. The van der Waals surface area contributed by atoms with Gasteiger partial charge in [0.2, 0.25) is 5.91 Å². The maximum Gasteiger partial charge on any atom is 0.416 e. The molecule has 0 atom stereocenters. The number of likely N-dealkylation sites (tertiary alicyclic amines) is 1. The van der Waals surface area contributed by atoms with Crippen molar-refractivity contribution < 1.29 is 31.1 Å². The van der Waals surface area contributed by atoms with Gasteiger partial charge in [0.05, 0.1) is 11.1 Å². The molecule has 1 aliphatic heterocycles. The molecule has 0 unspecified atom stereocenters. The summed E-state index contributed by atoms with van der Waals surface area (Å²) in [6.07, 6.45) is -8.91. The normalized spacial score (nSPS) is 16.7. The van der Waals surface area contributed by atoms with E-state index in [2.05, 4.69) is 0 Å². The fraction of sp³-hybridized carbons (Fsp3) is 0.462. The molecule has 1 heterocycles. The fourth-order valence-corrected chi connectivity index (χ4v) is 2.20. The summed E-state index contributed by atoms with van der Waals surface area (Å²) in [5, 5.41) is 0. The van der Waals surface area contributed by atoms with E-state index in [9.17, 15) is 31.1 Å². The summed E-state index contributed by atoms with van der Waals surface area (Å²) in [6.45, 7) is 0.0995. The molecular formula is C13H11F6NO. The number of carbonyl (C=O) groups excluding carboxylic acids is 1. The van der Waals surface area contributed by atoms with E-state index in [0.29, 0.717) is 25.1 Å². The molecule has 1 aromatic rings. The summed E-state index contributed by atoms with van der Waals surface area (Å²) in [6, 6.07) is 1.39. The quantitative estimate of drug-likeness (QED) is 0.760. The first-order valence-electron chi connectivity index (χ1n) is 6.13. The Hall–Kier alpha value is -1.73. The van der Waals surface area contributed by atoms with Gasteiger partial charge >= 0.3 is 12.4 Å². The highest BCUT2D eigenvalue weighted by Gasteiger charge is 2.37. The van der Waals surface area contributed by atoms with Crippen LogP contribution in [0.2, 0.25) is 0 Å². The minimum Gasteiger partial charge on any atom is -0.338 e. The van der Waals surface area contributed by atoms with Crippen LogP contribution in [0.5, 0.6) is 0 Å². The molecule has 8 heteroatoms. The van der Waals surface area contributed by atoms with Crippen molar-refractivity contribution in [1.82, 2.24) is 4.90 Å². The lowest BCUT2D eigenvalue weighted by Gasteiger charge is -2.18. The summed E-state index contributed by atoms with van der Waals surface area (Å²) >= 11 is 0. The number of carbonyl (C=O) groups is 1. The summed E-state index contributed by atoms with van der Waals surface area (Å²) < 4.78 is 76.1. The number of halogens is 6. The predicted octanol–water partition coefficient (Wildman–Crippen LogP) is 3.85. The molecule has 116 valence electrons. The van der Waals surface area contributed by atoms with E-state index < -0.39 is 23.5 Å². The molecule has 0 spiro atoms. The minimum absolute atomic E-state index is 0.0787. The van der Waals surface area contributed by atoms with E-state index in [1.807, 2.05) is 0 Å². The number of amides is 1. The Bertz CT molecular complexity index is 516. The zero-order valence-corrected chi connectivity index (χ0v) is 10.7. The lowest BCUT2D eigenvalue weighted by Crippen LogP contribution is -2.24. The van der Waals surface area contributed by atoms with Crippen LogP contribution >= 0.6 is 0 Å². The Kier molecular flexibility index (Phi) is 3.90. The largest absolute Gasteiger partial charge is 0.416 e. The molecule has 1 amide bonds. The van der Waals surface area contributed by atoms with Crippen molar-refractivity contribution in [3.63, 3.8) is 0 Å². The third-order valence-electron chi connectivity index (χ3n) is 3.19. The van der Waals surface area contributed by atoms with Crippen LogP contribution in [-0.4, -0.2) is 17.4 Å². The Morgan fingerprint density at radius 2 is 1.48 bits per heavy atom. The van der Waals surface area contributed by atoms with Gasteiger partial charge in [-0.25, -0.2) is 0 Å². The molecule has 0 bridgehead atoms. The predicted molar refractivity (Wildman–Crippen MR) is 61.1 cm³/mol. The molecule has 2 rings (SSSR count). The topological polar surface area (TPSA) is 20.3 Å². The van der Waals surface area contributed by atoms with Crippen molar-refractivity contribution in [2.75, 3.05) is 6.54 Å². The molecule has 0 N–H and O–H groups in total. The maximum atomic E-state index is 12.7. The van der Waals surface area contributed by atoms with Crippen molar-refractivity contribution >= 4 is 5.91 Å². The molecular weight excluding hydrogens is 300 g/mol. The standard InChI is InChI=1S/C13H11F6NO/c14-12(15,16)9-4-8(5-10(6-9)13(17,18)19)7-20-3-1-2-11(20)21/h4-6H,1-3,7H2. The highest BCUT2D eigenvalue weighted by molar-refractivity contribution is 5.78. The van der Waals surface area contributed by atoms with E-state index in [0.717, 1.165) is 0 Å². The second-order valence-electron chi connectivity index (χ2n) is 4.83. The Morgan fingerprint density at radius 1 is 0.952 bits per heavy atom. The van der Waals surface area contributed by atoms with Crippen LogP contribution in [0, 0.1) is 0 Å². The monoisotopic (exact) mass is 311 g/mol. The molecule has 21 heavy (non-hydrogen) atoms. The van der Waals surface area contributed by atoms with Crippen LogP contribution < -0.4 is 0 Å². The molecule has 1 fully saturated rings. The molecule has 0 aromatic heterocycles. The van der Waals surface area contributed by atoms with Crippen LogP contribution in [0.1, 0.15) is 29.5 Å². The maximum absolute atomic E-state index is 12.7. The molecule has 1 aromatic carbocycles. The number of alkyl halides is 6. The van der Waals surface area contributed by atoms with Gasteiger partial charge in [-0.2, -0.15) is 26.3 Å². The second kappa shape index (κ2) is 5.23. The molecule has 1 aliphatic rings. The number of hydrogen-bond donors (Lipinski definition) is 0. The summed E-state index contributed by atoms with van der Waals surface area (Å²) in [4.78, 5) is 12.7. The highest BCUT2D eigenvalue weighted by Crippen LogP contribution is 2.36. The van der Waals surface area contributed by atoms with E-state index in [1.54, 1.807) is 0 Å². The van der Waals surface area contributed by atoms with Crippen LogP contribution in [0.25, 0.3) is 0 Å². The molecule has 0 saturated carbocycles. The van der Waals surface area contributed by atoms with Gasteiger partial charge in [0.1, 0.15) is 0 Å². The van der Waals surface area contributed by atoms with E-state index >= 15 is 0 Å². The van der Waals surface area contributed by atoms with E-state index in [4.69, 9.17) is 0 Å². The van der Waals surface area contributed by atoms with Crippen molar-refractivity contribution in [2.24, 2.45) is 0 Å². The molecule has 1 saturated heterocycles. The van der Waals surface area contributed by atoms with Crippen LogP contribution in [0.15, 0.2) is 18.2 Å². The zero-order valence-electron chi connectivity index (χ0n) is 10.7. The Balaban J connectivity index is 2.38. The van der Waals surface area contributed by atoms with Crippen molar-refractivity contribution in [3.05, 3.63) is 34.9 Å². The smallest absolute Gasteiger partial charge is 0.338 e. The van der Waals surface area contributed by atoms with Gasteiger partial charge in [-0.1, -0.05) is 0 Å². The first-order valence-corrected chi connectivity index (χ1v) is 6.13. The number of benzene rings is 1. The summed E-state index contributed by atoms with van der Waals surface area (Å²) in [5.74, 6) is -0.263. The van der Waals surface area contributed by atoms with E-state index in [-0.39, 0.29) is 30.5 Å². The van der Waals surface area contributed by atoms with Crippen LogP contribution in [0.4, 0.5) is 26.3 Å². The van der Waals surface area contributed by atoms with Gasteiger partial charge in [0, 0.05) is 19.5 Å². The second-order valence-corrected chi connectivity index (χ2v) is 4.83. The summed E-state index contributed by atoms with van der Waals surface area (Å²) in [7, 11) is 0. The van der Waals surface area contributed by atoms with Crippen molar-refractivity contribution in [2.45, 2.75) is 31.7 Å². The van der Waals surface area contributed by atoms with Gasteiger partial charge in [-0.15, -0.1) is 0 Å². The summed E-state index contributed by atoms with van der Waals surface area (Å²) in [5.41, 5.74) is -2.90. The third kappa shape index (κ3) is 3.68. The average molecular weight is 311 g/mol. The van der Waals surface area contributed by atoms with Gasteiger partial charge in [0.25, 0.3) is 0 Å². The minimum atomic E-state index is -4.87. The third-order valence-corrected chi connectivity index (χ3v) is 3.19. The Morgan fingerprint density at radius 3 is 1.86 bits per heavy atom.